The lowest BCUT2D eigenvalue weighted by atomic mass is 9.52. The van der Waals surface area contributed by atoms with Crippen LogP contribution < -0.4 is 21.3 Å². The molecule has 3 fully saturated rings. The van der Waals surface area contributed by atoms with Crippen LogP contribution in [0.2, 0.25) is 0 Å². The van der Waals surface area contributed by atoms with Crippen LogP contribution in [0.5, 0.6) is 0 Å². The maximum Gasteiger partial charge on any atom is 0.243 e. The topological polar surface area (TPSA) is 129 Å². The van der Waals surface area contributed by atoms with Crippen LogP contribution in [0.15, 0.2) is 54.6 Å². The summed E-state index contributed by atoms with van der Waals surface area (Å²) >= 11 is 0. The molecule has 5 rings (SSSR count). The van der Waals surface area contributed by atoms with Crippen molar-refractivity contribution < 1.29 is 23.9 Å². The maximum atomic E-state index is 14.9. The smallest absolute Gasteiger partial charge is 0.243 e. The fraction of sp³-hybridized carbons (Fsp3) is 0.611. The molecule has 1 spiro atoms. The number of hydrogen-bond donors (Lipinski definition) is 4. The molecule has 1 aliphatic carbocycles. The van der Waals surface area contributed by atoms with Crippen molar-refractivity contribution in [1.29, 1.82) is 0 Å². The van der Waals surface area contributed by atoms with Gasteiger partial charge in [-0.05, 0) is 55.9 Å². The van der Waals surface area contributed by atoms with Crippen LogP contribution in [0.1, 0.15) is 66.4 Å². The van der Waals surface area contributed by atoms with Crippen LogP contribution in [-0.2, 0) is 30.3 Å². The number of fused-ring (bicyclic) bond motifs is 2. The van der Waals surface area contributed by atoms with E-state index in [1.165, 1.54) is 0 Å². The minimum absolute atomic E-state index is 0.0710. The summed E-state index contributed by atoms with van der Waals surface area (Å²) in [6.07, 6.45) is 9.46. The number of allylic oxidation sites excluding steroid dienone is 2. The lowest BCUT2D eigenvalue weighted by molar-refractivity contribution is -0.151. The number of rotatable bonds is 6. The van der Waals surface area contributed by atoms with Crippen molar-refractivity contribution in [3.63, 3.8) is 0 Å². The van der Waals surface area contributed by atoms with Crippen molar-refractivity contribution in [3.8, 4) is 0 Å². The van der Waals surface area contributed by atoms with E-state index in [4.69, 9.17) is 4.74 Å². The molecule has 244 valence electrons. The molecule has 9 nitrogen and oxygen atoms in total. The van der Waals surface area contributed by atoms with E-state index in [-0.39, 0.29) is 47.6 Å². The fourth-order valence-electron chi connectivity index (χ4n) is 8.02. The van der Waals surface area contributed by atoms with Crippen LogP contribution in [-0.4, -0.2) is 60.0 Å². The fourth-order valence-corrected chi connectivity index (χ4v) is 8.02. The van der Waals surface area contributed by atoms with Gasteiger partial charge in [-0.3, -0.25) is 19.2 Å². The van der Waals surface area contributed by atoms with Gasteiger partial charge in [-0.1, -0.05) is 89.3 Å². The zero-order chi connectivity index (χ0) is 32.5. The van der Waals surface area contributed by atoms with Crippen LogP contribution in [0, 0.1) is 35.0 Å². The molecule has 2 unspecified atom stereocenters. The second-order valence-electron chi connectivity index (χ2n) is 14.4. The van der Waals surface area contributed by atoms with Crippen molar-refractivity contribution in [2.45, 2.75) is 97.1 Å². The number of hydrogen-bond acceptors (Lipinski definition) is 5. The molecular formula is C36H50N4O5. The van der Waals surface area contributed by atoms with Crippen molar-refractivity contribution in [2.75, 3.05) is 6.54 Å². The van der Waals surface area contributed by atoms with Gasteiger partial charge in [0.25, 0.3) is 0 Å². The predicted octanol–water partition coefficient (Wildman–Crippen LogP) is 3.45. The Bertz CT molecular complexity index is 1340. The van der Waals surface area contributed by atoms with E-state index >= 15 is 0 Å². The molecule has 0 bridgehead atoms. The quantitative estimate of drug-likeness (QED) is 0.221. The zero-order valence-electron chi connectivity index (χ0n) is 27.5. The highest BCUT2D eigenvalue weighted by Crippen LogP contribution is 2.65. The molecule has 2 saturated heterocycles. The lowest BCUT2D eigenvalue weighted by Crippen LogP contribution is -2.64. The second-order valence-corrected chi connectivity index (χ2v) is 14.4. The Hall–Kier alpha value is -3.46. The normalized spacial score (nSPS) is 38.3. The van der Waals surface area contributed by atoms with Gasteiger partial charge in [0, 0.05) is 24.4 Å². The summed E-state index contributed by atoms with van der Waals surface area (Å²) in [5.41, 5.74) is -0.862. The predicted molar refractivity (Wildman–Crippen MR) is 173 cm³/mol. The Morgan fingerprint density at radius 3 is 2.16 bits per heavy atom. The summed E-state index contributed by atoms with van der Waals surface area (Å²) in [6.45, 7) is 12.5. The van der Waals surface area contributed by atoms with Gasteiger partial charge in [-0.2, -0.15) is 0 Å². The minimum atomic E-state index is -1.47. The molecule has 9 heteroatoms. The van der Waals surface area contributed by atoms with E-state index in [9.17, 15) is 19.2 Å². The highest BCUT2D eigenvalue weighted by Gasteiger charge is 2.78. The average Bonchev–Trinajstić information content (AvgIpc) is 3.59. The third kappa shape index (κ3) is 6.33. The SMILES string of the molecule is CC(C)C[C@@H]1NC(=O)[C@@]23C(=O)N[C@@H](Cc4ccccc4)C2[C@H](C)[C@@]2(C)O[C@H]2C3/C=C/C/C=C\CNC(=O)[C@@H](CC(C)C)NC1=O. The van der Waals surface area contributed by atoms with E-state index < -0.39 is 40.8 Å². The Morgan fingerprint density at radius 1 is 0.844 bits per heavy atom. The molecule has 45 heavy (non-hydrogen) atoms. The van der Waals surface area contributed by atoms with Crippen molar-refractivity contribution in [2.24, 2.45) is 35.0 Å². The van der Waals surface area contributed by atoms with Gasteiger partial charge in [-0.15, -0.1) is 0 Å². The molecule has 4 N–H and O–H groups in total. The number of benzene rings is 1. The van der Waals surface area contributed by atoms with Crippen LogP contribution in [0.4, 0.5) is 0 Å². The van der Waals surface area contributed by atoms with Crippen LogP contribution >= 0.6 is 0 Å². The first-order valence-corrected chi connectivity index (χ1v) is 16.6. The first kappa shape index (κ1) is 32.9. The molecule has 1 aromatic carbocycles. The van der Waals surface area contributed by atoms with Crippen LogP contribution in [0.25, 0.3) is 0 Å². The molecular weight excluding hydrogens is 568 g/mol. The van der Waals surface area contributed by atoms with Crippen LogP contribution in [0.3, 0.4) is 0 Å². The average molecular weight is 619 g/mol. The largest absolute Gasteiger partial charge is 0.365 e. The number of amides is 4. The molecule has 0 radical (unpaired) electrons. The summed E-state index contributed by atoms with van der Waals surface area (Å²) in [5, 5.41) is 12.2. The number of nitrogens with one attached hydrogen (secondary N) is 4. The summed E-state index contributed by atoms with van der Waals surface area (Å²) in [4.78, 5) is 56.3. The highest BCUT2D eigenvalue weighted by molar-refractivity contribution is 6.09. The van der Waals surface area contributed by atoms with Gasteiger partial charge >= 0.3 is 0 Å². The van der Waals surface area contributed by atoms with Gasteiger partial charge in [-0.25, -0.2) is 0 Å². The van der Waals surface area contributed by atoms with E-state index in [0.717, 1.165) is 5.56 Å². The summed E-state index contributed by atoms with van der Waals surface area (Å²) < 4.78 is 6.40. The summed E-state index contributed by atoms with van der Waals surface area (Å²) in [5.74, 6) is -2.21. The summed E-state index contributed by atoms with van der Waals surface area (Å²) in [7, 11) is 0. The van der Waals surface area contributed by atoms with E-state index in [0.29, 0.717) is 32.2 Å². The number of carbonyl (C=O) groups is 4. The van der Waals surface area contributed by atoms with Crippen molar-refractivity contribution in [3.05, 3.63) is 60.2 Å². The van der Waals surface area contributed by atoms with Gasteiger partial charge in [0.15, 0.2) is 0 Å². The lowest BCUT2D eigenvalue weighted by Gasteiger charge is -2.46. The number of ether oxygens (including phenoxy) is 1. The monoisotopic (exact) mass is 618 g/mol. The molecule has 1 aromatic rings. The van der Waals surface area contributed by atoms with E-state index in [1.54, 1.807) is 0 Å². The first-order valence-electron chi connectivity index (χ1n) is 16.6. The molecule has 9 atom stereocenters. The van der Waals surface area contributed by atoms with Gasteiger partial charge in [0.1, 0.15) is 17.5 Å². The maximum absolute atomic E-state index is 14.9. The Kier molecular flexibility index (Phi) is 9.59. The third-order valence-electron chi connectivity index (χ3n) is 10.4. The van der Waals surface area contributed by atoms with Crippen molar-refractivity contribution in [1.82, 2.24) is 21.3 Å². The van der Waals surface area contributed by atoms with Gasteiger partial charge in [0.05, 0.1) is 11.7 Å². The Morgan fingerprint density at radius 2 is 1.49 bits per heavy atom. The molecule has 4 amide bonds. The standard InChI is InChI=1S/C36H50N4O5/c1-21(2)18-27-31(41)37-17-13-8-7-12-16-25-30-35(6,45-30)23(5)29-26(20-24-14-10-9-11-15-24)39-33(43)36(25,29)34(44)40-28(19-22(3)4)32(42)38-27/h8-16,21-23,25-30H,7,17-20H2,1-6H3,(H,37,41)(H,38,42)(H,39,43)(H,40,44)/b13-8-,16-12+/t23-,25?,26-,27+,28-,29?,30-,35+,36+/m0/s1. The molecule has 1 saturated carbocycles. The molecule has 4 aliphatic rings. The van der Waals surface area contributed by atoms with Gasteiger partial charge < -0.3 is 26.0 Å². The first-order chi connectivity index (χ1) is 21.4. The Labute approximate surface area is 267 Å². The zero-order valence-corrected chi connectivity index (χ0v) is 27.5. The third-order valence-corrected chi connectivity index (χ3v) is 10.4. The number of carbonyl (C=O) groups excluding carboxylic acids is 4. The molecule has 0 aromatic heterocycles. The van der Waals surface area contributed by atoms with E-state index in [1.807, 2.05) is 82.3 Å². The number of epoxide rings is 1. The minimum Gasteiger partial charge on any atom is -0.365 e. The van der Waals surface area contributed by atoms with Gasteiger partial charge in [0.2, 0.25) is 23.6 Å². The van der Waals surface area contributed by atoms with Crippen molar-refractivity contribution >= 4 is 23.6 Å². The van der Waals surface area contributed by atoms with E-state index in [2.05, 4.69) is 35.1 Å². The Balaban J connectivity index is 1.58. The highest BCUT2D eigenvalue weighted by atomic mass is 16.6. The molecule has 3 heterocycles. The summed E-state index contributed by atoms with van der Waals surface area (Å²) in [6, 6.07) is 8.05. The molecule has 3 aliphatic heterocycles. The second kappa shape index (κ2) is 13.1.